The van der Waals surface area contributed by atoms with Gasteiger partial charge in [0.1, 0.15) is 0 Å². The molecule has 1 aromatic carbocycles. The number of rotatable bonds is 7. The molecular formula is C19H25N3O4. The van der Waals surface area contributed by atoms with Crippen LogP contribution in [0.4, 0.5) is 5.69 Å². The highest BCUT2D eigenvalue weighted by atomic mass is 16.5. The van der Waals surface area contributed by atoms with Crippen LogP contribution in [-0.4, -0.2) is 57.0 Å². The Hall–Kier alpha value is -2.85. The van der Waals surface area contributed by atoms with Crippen LogP contribution in [0.1, 0.15) is 35.7 Å². The van der Waals surface area contributed by atoms with Gasteiger partial charge in [-0.05, 0) is 38.7 Å². The van der Waals surface area contributed by atoms with E-state index < -0.39 is 5.97 Å². The molecule has 1 aromatic rings. The van der Waals surface area contributed by atoms with Crippen LogP contribution < -0.4 is 10.6 Å². The fraction of sp³-hybridized carbons (Fsp3) is 0.421. The molecule has 7 heteroatoms. The molecule has 2 amide bonds. The predicted octanol–water partition coefficient (Wildman–Crippen LogP) is 1.24. The van der Waals surface area contributed by atoms with Crippen molar-refractivity contribution in [2.75, 3.05) is 39.6 Å². The van der Waals surface area contributed by atoms with Gasteiger partial charge in [-0.3, -0.25) is 14.5 Å². The van der Waals surface area contributed by atoms with Crippen LogP contribution in [0.2, 0.25) is 0 Å². The molecule has 0 radical (unpaired) electrons. The number of esters is 1. The van der Waals surface area contributed by atoms with Gasteiger partial charge < -0.3 is 15.4 Å². The Kier molecular flexibility index (Phi) is 8.88. The largest absolute Gasteiger partial charge is 0.465 e. The molecule has 140 valence electrons. The molecule has 0 aliphatic rings. The van der Waals surface area contributed by atoms with Crippen molar-refractivity contribution in [3.05, 3.63) is 29.3 Å². The summed E-state index contributed by atoms with van der Waals surface area (Å²) >= 11 is 0. The van der Waals surface area contributed by atoms with E-state index in [0.717, 1.165) is 0 Å². The summed E-state index contributed by atoms with van der Waals surface area (Å²) in [6.07, 6.45) is 0.821. The molecule has 0 bridgehead atoms. The third kappa shape index (κ3) is 7.81. The fourth-order valence-corrected chi connectivity index (χ4v) is 2.04. The van der Waals surface area contributed by atoms with Gasteiger partial charge in [0.2, 0.25) is 11.8 Å². The van der Waals surface area contributed by atoms with E-state index in [1.807, 2.05) is 19.0 Å². The summed E-state index contributed by atoms with van der Waals surface area (Å²) in [6.45, 7) is 2.42. The van der Waals surface area contributed by atoms with E-state index in [1.54, 1.807) is 18.2 Å². The maximum atomic E-state index is 12.0. The van der Waals surface area contributed by atoms with Crippen molar-refractivity contribution >= 4 is 23.5 Å². The first-order valence-electron chi connectivity index (χ1n) is 8.23. The lowest BCUT2D eigenvalue weighted by molar-refractivity contribution is -0.119. The van der Waals surface area contributed by atoms with Crippen LogP contribution in [0.25, 0.3) is 0 Å². The second-order valence-corrected chi connectivity index (χ2v) is 5.93. The van der Waals surface area contributed by atoms with Crippen LogP contribution in [0, 0.1) is 11.8 Å². The van der Waals surface area contributed by atoms with E-state index in [1.165, 1.54) is 14.0 Å². The number of hydrogen-bond donors (Lipinski definition) is 2. The third-order valence-electron chi connectivity index (χ3n) is 3.28. The van der Waals surface area contributed by atoms with E-state index in [0.29, 0.717) is 36.3 Å². The summed E-state index contributed by atoms with van der Waals surface area (Å²) in [6, 6.07) is 4.87. The molecule has 0 spiro atoms. The highest BCUT2D eigenvalue weighted by molar-refractivity contribution is 5.95. The van der Waals surface area contributed by atoms with E-state index in [-0.39, 0.29) is 18.2 Å². The van der Waals surface area contributed by atoms with Crippen molar-refractivity contribution in [1.29, 1.82) is 0 Å². The lowest BCUT2D eigenvalue weighted by Gasteiger charge is -2.09. The first-order valence-corrected chi connectivity index (χ1v) is 8.23. The Morgan fingerprint density at radius 1 is 1.23 bits per heavy atom. The van der Waals surface area contributed by atoms with E-state index in [2.05, 4.69) is 22.5 Å². The second kappa shape index (κ2) is 10.9. The minimum atomic E-state index is -0.479. The smallest absolute Gasteiger partial charge is 0.339 e. The number of anilines is 1. The topological polar surface area (TPSA) is 87.7 Å². The Balaban J connectivity index is 2.82. The lowest BCUT2D eigenvalue weighted by Crippen LogP contribution is -2.22. The molecule has 0 aliphatic heterocycles. The van der Waals surface area contributed by atoms with Crippen LogP contribution in [0.3, 0.4) is 0 Å². The zero-order valence-corrected chi connectivity index (χ0v) is 15.6. The van der Waals surface area contributed by atoms with Gasteiger partial charge >= 0.3 is 5.97 Å². The van der Waals surface area contributed by atoms with Gasteiger partial charge in [0, 0.05) is 31.1 Å². The first-order chi connectivity index (χ1) is 12.3. The molecule has 0 aliphatic carbocycles. The van der Waals surface area contributed by atoms with Gasteiger partial charge in [0.15, 0.2) is 0 Å². The number of ether oxygens (including phenoxy) is 1. The van der Waals surface area contributed by atoms with Gasteiger partial charge in [-0.25, -0.2) is 4.79 Å². The number of carbonyl (C=O) groups is 3. The minimum absolute atomic E-state index is 0.121. The zero-order valence-electron chi connectivity index (χ0n) is 15.6. The van der Waals surface area contributed by atoms with Crippen molar-refractivity contribution in [2.24, 2.45) is 0 Å². The Labute approximate surface area is 154 Å². The quantitative estimate of drug-likeness (QED) is 0.434. The summed E-state index contributed by atoms with van der Waals surface area (Å²) in [4.78, 5) is 36.6. The maximum Gasteiger partial charge on any atom is 0.339 e. The fourth-order valence-electron chi connectivity index (χ4n) is 2.04. The maximum absolute atomic E-state index is 12.0. The van der Waals surface area contributed by atoms with E-state index in [4.69, 9.17) is 4.74 Å². The van der Waals surface area contributed by atoms with Crippen LogP contribution in [-0.2, 0) is 14.3 Å². The normalized spacial score (nSPS) is 9.88. The molecule has 1 rings (SSSR count). The molecule has 0 aromatic heterocycles. The van der Waals surface area contributed by atoms with Crippen molar-refractivity contribution in [3.63, 3.8) is 0 Å². The number of amides is 2. The second-order valence-electron chi connectivity index (χ2n) is 5.93. The van der Waals surface area contributed by atoms with Crippen molar-refractivity contribution in [1.82, 2.24) is 10.2 Å². The third-order valence-corrected chi connectivity index (χ3v) is 3.28. The van der Waals surface area contributed by atoms with Crippen LogP contribution in [0.15, 0.2) is 18.2 Å². The van der Waals surface area contributed by atoms with Crippen molar-refractivity contribution in [3.8, 4) is 11.8 Å². The summed E-state index contributed by atoms with van der Waals surface area (Å²) in [5.41, 5.74) is 1.40. The van der Waals surface area contributed by atoms with Crippen molar-refractivity contribution < 1.29 is 19.1 Å². The lowest BCUT2D eigenvalue weighted by atomic mass is 10.1. The number of carbonyl (C=O) groups excluding carboxylic acids is 3. The number of methoxy groups -OCH3 is 1. The Morgan fingerprint density at radius 3 is 2.58 bits per heavy atom. The first kappa shape index (κ1) is 21.2. The Bertz CT molecular complexity index is 717. The van der Waals surface area contributed by atoms with E-state index in [9.17, 15) is 14.4 Å². The zero-order chi connectivity index (χ0) is 19.5. The molecule has 26 heavy (non-hydrogen) atoms. The highest BCUT2D eigenvalue weighted by Gasteiger charge is 2.12. The van der Waals surface area contributed by atoms with Crippen LogP contribution in [0.5, 0.6) is 0 Å². The number of nitrogens with zero attached hydrogens (tertiary/aromatic N) is 1. The monoisotopic (exact) mass is 359 g/mol. The van der Waals surface area contributed by atoms with Gasteiger partial charge in [0.25, 0.3) is 0 Å². The summed E-state index contributed by atoms with van der Waals surface area (Å²) < 4.78 is 4.77. The number of benzene rings is 1. The average Bonchev–Trinajstić information content (AvgIpc) is 2.58. The Morgan fingerprint density at radius 2 is 1.96 bits per heavy atom. The molecule has 7 nitrogen and oxygen atoms in total. The summed E-state index contributed by atoms with van der Waals surface area (Å²) in [7, 11) is 5.10. The van der Waals surface area contributed by atoms with Crippen LogP contribution >= 0.6 is 0 Å². The van der Waals surface area contributed by atoms with Crippen molar-refractivity contribution in [2.45, 2.75) is 19.8 Å². The number of hydrogen-bond acceptors (Lipinski definition) is 5. The molecule has 0 heterocycles. The van der Waals surface area contributed by atoms with Gasteiger partial charge in [-0.1, -0.05) is 11.8 Å². The molecular weight excluding hydrogens is 334 g/mol. The van der Waals surface area contributed by atoms with Gasteiger partial charge in [-0.2, -0.15) is 0 Å². The highest BCUT2D eigenvalue weighted by Crippen LogP contribution is 2.17. The van der Waals surface area contributed by atoms with Gasteiger partial charge in [0.05, 0.1) is 19.2 Å². The van der Waals surface area contributed by atoms with E-state index >= 15 is 0 Å². The number of nitrogens with one attached hydrogen (secondary N) is 2. The molecule has 0 fully saturated rings. The molecule has 0 saturated heterocycles. The minimum Gasteiger partial charge on any atom is -0.465 e. The van der Waals surface area contributed by atoms with Gasteiger partial charge in [-0.15, -0.1) is 0 Å². The average molecular weight is 359 g/mol. The molecule has 0 unspecified atom stereocenters. The molecule has 0 saturated carbocycles. The summed E-state index contributed by atoms with van der Waals surface area (Å²) in [5.74, 6) is 5.14. The molecule has 0 atom stereocenters. The molecule has 2 N–H and O–H groups in total. The SMILES string of the molecule is COC(=O)c1ccc(NC(=O)CCCNC(C)=O)cc1C#CCN(C)C. The standard InChI is InChI=1S/C19H25N3O4/c1-14(23)20-11-5-8-18(24)21-16-9-10-17(19(25)26-4)15(13-16)7-6-12-22(2)3/h9-10,13H,5,8,11-12H2,1-4H3,(H,20,23)(H,21,24). The summed E-state index contributed by atoms with van der Waals surface area (Å²) in [5, 5.41) is 5.41. The predicted molar refractivity (Wildman–Crippen MR) is 99.8 cm³/mol.